The van der Waals surface area contributed by atoms with Crippen molar-refractivity contribution >= 4 is 11.9 Å². The molecule has 2 fully saturated rings. The number of amides is 1. The van der Waals surface area contributed by atoms with E-state index in [1.807, 2.05) is 0 Å². The van der Waals surface area contributed by atoms with Gasteiger partial charge in [0, 0.05) is 26.8 Å². The molecule has 0 aromatic carbocycles. The molecular weight excluding hydrogens is 291 g/mol. The maximum absolute atomic E-state index is 13.1. The third kappa shape index (κ3) is 2.61. The number of carboxylic acids is 1. The van der Waals surface area contributed by atoms with Gasteiger partial charge in [-0.1, -0.05) is 0 Å². The highest BCUT2D eigenvalue weighted by molar-refractivity contribution is 5.87. The van der Waals surface area contributed by atoms with Crippen LogP contribution in [-0.4, -0.2) is 54.9 Å². The predicted molar refractivity (Wildman–Crippen MR) is 65.5 cm³/mol. The van der Waals surface area contributed by atoms with Crippen LogP contribution in [0.5, 0.6) is 0 Å². The van der Waals surface area contributed by atoms with Gasteiger partial charge in [-0.3, -0.25) is 9.59 Å². The SMILES string of the molecule is COCCC1(C(=O)N2CCC(C(=O)O)(C(F)(F)F)C2)CC1. The van der Waals surface area contributed by atoms with Gasteiger partial charge in [-0.15, -0.1) is 0 Å². The highest BCUT2D eigenvalue weighted by atomic mass is 19.4. The highest BCUT2D eigenvalue weighted by Crippen LogP contribution is 2.53. The monoisotopic (exact) mass is 309 g/mol. The van der Waals surface area contributed by atoms with Crippen LogP contribution in [0.1, 0.15) is 25.7 Å². The molecule has 21 heavy (non-hydrogen) atoms. The van der Waals surface area contributed by atoms with Crippen LogP contribution in [0.15, 0.2) is 0 Å². The van der Waals surface area contributed by atoms with Crippen LogP contribution < -0.4 is 0 Å². The number of likely N-dealkylation sites (tertiary alicyclic amines) is 1. The summed E-state index contributed by atoms with van der Waals surface area (Å²) >= 11 is 0. The van der Waals surface area contributed by atoms with Crippen molar-refractivity contribution in [2.75, 3.05) is 26.8 Å². The topological polar surface area (TPSA) is 66.8 Å². The fourth-order valence-corrected chi connectivity index (χ4v) is 2.86. The lowest BCUT2D eigenvalue weighted by atomic mass is 9.86. The van der Waals surface area contributed by atoms with E-state index in [0.717, 1.165) is 4.90 Å². The van der Waals surface area contributed by atoms with Crippen molar-refractivity contribution < 1.29 is 32.6 Å². The largest absolute Gasteiger partial charge is 0.481 e. The molecule has 2 aliphatic rings. The first-order valence-electron chi connectivity index (χ1n) is 6.77. The Morgan fingerprint density at radius 2 is 1.90 bits per heavy atom. The molecule has 5 nitrogen and oxygen atoms in total. The van der Waals surface area contributed by atoms with Crippen molar-refractivity contribution in [1.82, 2.24) is 4.90 Å². The van der Waals surface area contributed by atoms with E-state index in [-0.39, 0.29) is 12.5 Å². The summed E-state index contributed by atoms with van der Waals surface area (Å²) in [4.78, 5) is 24.5. The molecule has 8 heteroatoms. The first-order chi connectivity index (χ1) is 9.68. The maximum atomic E-state index is 13.1. The number of rotatable bonds is 5. The Labute approximate surface area is 120 Å². The smallest absolute Gasteiger partial charge is 0.406 e. The van der Waals surface area contributed by atoms with Gasteiger partial charge < -0.3 is 14.7 Å². The van der Waals surface area contributed by atoms with E-state index in [1.54, 1.807) is 0 Å². The minimum Gasteiger partial charge on any atom is -0.481 e. The molecule has 1 unspecified atom stereocenters. The first kappa shape index (κ1) is 16.1. The zero-order valence-electron chi connectivity index (χ0n) is 11.7. The average molecular weight is 309 g/mol. The Kier molecular flexibility index (Phi) is 3.94. The Bertz CT molecular complexity index is 447. The van der Waals surface area contributed by atoms with Crippen molar-refractivity contribution in [3.05, 3.63) is 0 Å². The number of methoxy groups -OCH3 is 1. The standard InChI is InChI=1S/C13H18F3NO4/c1-21-7-5-11(2-3-11)9(18)17-6-4-12(8-17,10(19)20)13(14,15)16/h2-8H2,1H3,(H,19,20). The van der Waals surface area contributed by atoms with Gasteiger partial charge in [0.05, 0.1) is 5.41 Å². The molecule has 1 heterocycles. The zero-order chi connectivity index (χ0) is 15.9. The number of ether oxygens (including phenoxy) is 1. The van der Waals surface area contributed by atoms with E-state index < -0.39 is 35.9 Å². The number of carboxylic acid groups (broad SMARTS) is 1. The Balaban J connectivity index is 2.11. The molecule has 0 aromatic rings. The van der Waals surface area contributed by atoms with Crippen LogP contribution in [0.4, 0.5) is 13.2 Å². The summed E-state index contributed by atoms with van der Waals surface area (Å²) in [5.41, 5.74) is -3.48. The molecule has 0 aromatic heterocycles. The van der Waals surface area contributed by atoms with Gasteiger partial charge in [0.2, 0.25) is 5.91 Å². The summed E-state index contributed by atoms with van der Waals surface area (Å²) in [7, 11) is 1.50. The van der Waals surface area contributed by atoms with E-state index in [9.17, 15) is 22.8 Å². The fraction of sp³-hybridized carbons (Fsp3) is 0.846. The van der Waals surface area contributed by atoms with Gasteiger partial charge in [-0.25, -0.2) is 0 Å². The van der Waals surface area contributed by atoms with E-state index in [1.165, 1.54) is 7.11 Å². The van der Waals surface area contributed by atoms with Gasteiger partial charge in [-0.2, -0.15) is 13.2 Å². The summed E-state index contributed by atoms with van der Waals surface area (Å²) in [6.07, 6.45) is -3.74. The second-order valence-corrected chi connectivity index (χ2v) is 5.88. The number of hydrogen-bond acceptors (Lipinski definition) is 3. The van der Waals surface area contributed by atoms with E-state index >= 15 is 0 Å². The highest BCUT2D eigenvalue weighted by Gasteiger charge is 2.65. The Hall–Kier alpha value is -1.31. The van der Waals surface area contributed by atoms with Gasteiger partial charge in [-0.05, 0) is 25.7 Å². The van der Waals surface area contributed by atoms with Gasteiger partial charge >= 0.3 is 12.1 Å². The van der Waals surface area contributed by atoms with E-state index in [4.69, 9.17) is 9.84 Å². The number of hydrogen-bond donors (Lipinski definition) is 1. The number of halogens is 3. The van der Waals surface area contributed by atoms with Crippen molar-refractivity contribution in [2.24, 2.45) is 10.8 Å². The third-order valence-corrected chi connectivity index (χ3v) is 4.60. The zero-order valence-corrected chi connectivity index (χ0v) is 11.7. The Morgan fingerprint density at radius 1 is 1.29 bits per heavy atom. The van der Waals surface area contributed by atoms with Crippen molar-refractivity contribution in [3.63, 3.8) is 0 Å². The summed E-state index contributed by atoms with van der Waals surface area (Å²) in [6.45, 7) is -0.596. The minimum absolute atomic E-state index is 0.167. The molecule has 0 bridgehead atoms. The lowest BCUT2D eigenvalue weighted by Crippen LogP contribution is -2.48. The van der Waals surface area contributed by atoms with Crippen LogP contribution in [-0.2, 0) is 14.3 Å². The molecule has 1 aliphatic carbocycles. The molecule has 1 saturated carbocycles. The Morgan fingerprint density at radius 3 is 2.29 bits per heavy atom. The van der Waals surface area contributed by atoms with E-state index in [2.05, 4.69) is 0 Å². The molecule has 1 amide bonds. The maximum Gasteiger partial charge on any atom is 0.406 e. The summed E-state index contributed by atoms with van der Waals surface area (Å²) in [5, 5.41) is 8.98. The quantitative estimate of drug-likeness (QED) is 0.839. The molecule has 1 saturated heterocycles. The van der Waals surface area contributed by atoms with Gasteiger partial charge in [0.15, 0.2) is 5.41 Å². The molecule has 1 atom stereocenters. The van der Waals surface area contributed by atoms with Crippen LogP contribution in [0.3, 0.4) is 0 Å². The number of nitrogens with zero attached hydrogens (tertiary/aromatic N) is 1. The fourth-order valence-electron chi connectivity index (χ4n) is 2.86. The van der Waals surface area contributed by atoms with Crippen LogP contribution in [0, 0.1) is 10.8 Å². The third-order valence-electron chi connectivity index (χ3n) is 4.60. The molecule has 0 radical (unpaired) electrons. The predicted octanol–water partition coefficient (Wildman–Crippen LogP) is 1.67. The van der Waals surface area contributed by atoms with Crippen molar-refractivity contribution in [1.29, 1.82) is 0 Å². The van der Waals surface area contributed by atoms with E-state index in [0.29, 0.717) is 25.9 Å². The minimum atomic E-state index is -4.86. The second kappa shape index (κ2) is 5.15. The van der Waals surface area contributed by atoms with Crippen molar-refractivity contribution in [2.45, 2.75) is 31.9 Å². The average Bonchev–Trinajstić information content (AvgIpc) is 3.02. The van der Waals surface area contributed by atoms with Crippen molar-refractivity contribution in [3.8, 4) is 0 Å². The molecular formula is C13H18F3NO4. The normalized spacial score (nSPS) is 27.7. The molecule has 120 valence electrons. The molecule has 1 N–H and O–H groups in total. The molecule has 0 spiro atoms. The summed E-state index contributed by atoms with van der Waals surface area (Å²) in [5.74, 6) is -2.28. The first-order valence-corrected chi connectivity index (χ1v) is 6.77. The molecule has 2 rings (SSSR count). The van der Waals surface area contributed by atoms with Crippen LogP contribution >= 0.6 is 0 Å². The van der Waals surface area contributed by atoms with Gasteiger partial charge in [0.25, 0.3) is 0 Å². The lowest BCUT2D eigenvalue weighted by molar-refractivity contribution is -0.227. The van der Waals surface area contributed by atoms with Crippen LogP contribution in [0.25, 0.3) is 0 Å². The number of carbonyl (C=O) groups is 2. The lowest BCUT2D eigenvalue weighted by Gasteiger charge is -2.28. The second-order valence-electron chi connectivity index (χ2n) is 5.88. The number of carbonyl (C=O) groups excluding carboxylic acids is 1. The number of alkyl halides is 3. The van der Waals surface area contributed by atoms with Gasteiger partial charge in [0.1, 0.15) is 0 Å². The van der Waals surface area contributed by atoms with Crippen LogP contribution in [0.2, 0.25) is 0 Å². The summed E-state index contributed by atoms with van der Waals surface area (Å²) in [6, 6.07) is 0. The molecule has 1 aliphatic heterocycles. The summed E-state index contributed by atoms with van der Waals surface area (Å²) < 4.78 is 44.2. The number of aliphatic carboxylic acids is 1.